The predicted molar refractivity (Wildman–Crippen MR) is 137 cm³/mol. The van der Waals surface area contributed by atoms with Crippen LogP contribution in [0.25, 0.3) is 6.08 Å². The Labute approximate surface area is 200 Å². The Morgan fingerprint density at radius 2 is 1.41 bits per heavy atom. The minimum Gasteiger partial charge on any atom is -0.369 e. The van der Waals surface area contributed by atoms with Gasteiger partial charge in [-0.15, -0.1) is 0 Å². The van der Waals surface area contributed by atoms with E-state index in [1.807, 2.05) is 18.2 Å². The summed E-state index contributed by atoms with van der Waals surface area (Å²) >= 11 is 0. The van der Waals surface area contributed by atoms with Gasteiger partial charge in [-0.25, -0.2) is 16.8 Å². The maximum atomic E-state index is 13.0. The number of benzene rings is 3. The summed E-state index contributed by atoms with van der Waals surface area (Å²) in [5.41, 5.74) is 1.81. The molecule has 1 aliphatic heterocycles. The number of sulfonamides is 2. The molecule has 0 bridgehead atoms. The van der Waals surface area contributed by atoms with Crippen molar-refractivity contribution in [1.82, 2.24) is 5.32 Å². The van der Waals surface area contributed by atoms with E-state index >= 15 is 0 Å². The first kappa shape index (κ1) is 23.8. The molecular weight excluding hydrogens is 472 g/mol. The maximum absolute atomic E-state index is 13.0. The van der Waals surface area contributed by atoms with E-state index in [0.717, 1.165) is 42.8 Å². The van der Waals surface area contributed by atoms with E-state index in [4.69, 9.17) is 0 Å². The molecular formula is C24H26N4O4S2. The third-order valence-electron chi connectivity index (χ3n) is 5.27. The molecule has 34 heavy (non-hydrogen) atoms. The molecule has 0 aliphatic carbocycles. The lowest BCUT2D eigenvalue weighted by Gasteiger charge is -2.30. The molecule has 4 rings (SSSR count). The van der Waals surface area contributed by atoms with Crippen LogP contribution in [0.4, 0.5) is 17.1 Å². The van der Waals surface area contributed by atoms with Gasteiger partial charge in [0.25, 0.3) is 20.0 Å². The van der Waals surface area contributed by atoms with Crippen molar-refractivity contribution in [2.24, 2.45) is 0 Å². The highest BCUT2D eigenvalue weighted by Crippen LogP contribution is 2.31. The van der Waals surface area contributed by atoms with Gasteiger partial charge in [-0.3, -0.25) is 9.44 Å². The lowest BCUT2D eigenvalue weighted by Crippen LogP contribution is -2.43. The fraction of sp³-hybridized carbons (Fsp3) is 0.167. The Morgan fingerprint density at radius 3 is 2.09 bits per heavy atom. The van der Waals surface area contributed by atoms with E-state index in [-0.39, 0.29) is 16.3 Å². The molecule has 3 aromatic carbocycles. The lowest BCUT2D eigenvalue weighted by atomic mass is 10.2. The highest BCUT2D eigenvalue weighted by Gasteiger charge is 2.20. The van der Waals surface area contributed by atoms with Crippen molar-refractivity contribution in [3.05, 3.63) is 89.8 Å². The first-order valence-corrected chi connectivity index (χ1v) is 13.8. The zero-order valence-electron chi connectivity index (χ0n) is 18.4. The van der Waals surface area contributed by atoms with Crippen LogP contribution in [0, 0.1) is 0 Å². The van der Waals surface area contributed by atoms with Crippen molar-refractivity contribution in [2.45, 2.75) is 4.90 Å². The van der Waals surface area contributed by atoms with Gasteiger partial charge in [0.1, 0.15) is 0 Å². The maximum Gasteiger partial charge on any atom is 0.261 e. The van der Waals surface area contributed by atoms with E-state index in [0.29, 0.717) is 0 Å². The van der Waals surface area contributed by atoms with Crippen LogP contribution >= 0.6 is 0 Å². The minimum absolute atomic E-state index is 0.0837. The number of nitrogens with zero attached hydrogens (tertiary/aromatic N) is 1. The summed E-state index contributed by atoms with van der Waals surface area (Å²) in [5.74, 6) is 0. The lowest BCUT2D eigenvalue weighted by molar-refractivity contribution is 0.589. The van der Waals surface area contributed by atoms with Crippen molar-refractivity contribution in [2.75, 3.05) is 40.5 Å². The average Bonchev–Trinajstić information content (AvgIpc) is 2.85. The van der Waals surface area contributed by atoms with Crippen molar-refractivity contribution in [1.29, 1.82) is 0 Å². The first-order valence-electron chi connectivity index (χ1n) is 10.8. The molecule has 0 unspecified atom stereocenters. The SMILES string of the molecule is O=S(=O)(/C=C/c1ccccc1)Nc1ccc(N2CCNCC2)cc1NS(=O)(=O)c1ccccc1. The summed E-state index contributed by atoms with van der Waals surface area (Å²) in [6.07, 6.45) is 1.48. The van der Waals surface area contributed by atoms with Crippen LogP contribution in [-0.4, -0.2) is 43.0 Å². The van der Waals surface area contributed by atoms with Crippen LogP contribution < -0.4 is 19.7 Å². The van der Waals surface area contributed by atoms with Gasteiger partial charge in [0.2, 0.25) is 0 Å². The normalized spacial score (nSPS) is 14.8. The van der Waals surface area contributed by atoms with Gasteiger partial charge < -0.3 is 10.2 Å². The second-order valence-electron chi connectivity index (χ2n) is 7.75. The van der Waals surface area contributed by atoms with Gasteiger partial charge in [0.15, 0.2) is 0 Å². The second-order valence-corrected chi connectivity index (χ2v) is 11.0. The Morgan fingerprint density at radius 1 is 0.765 bits per heavy atom. The highest BCUT2D eigenvalue weighted by molar-refractivity contribution is 7.95. The van der Waals surface area contributed by atoms with Gasteiger partial charge in [-0.2, -0.15) is 0 Å². The second kappa shape index (κ2) is 10.3. The third-order valence-corrected chi connectivity index (χ3v) is 7.65. The Hall–Kier alpha value is -3.34. The van der Waals surface area contributed by atoms with E-state index in [2.05, 4.69) is 19.7 Å². The number of anilines is 3. The molecule has 3 aromatic rings. The molecule has 1 saturated heterocycles. The molecule has 3 N–H and O–H groups in total. The van der Waals surface area contributed by atoms with Crippen molar-refractivity contribution < 1.29 is 16.8 Å². The molecule has 0 radical (unpaired) electrons. The van der Waals surface area contributed by atoms with Crippen LogP contribution in [0.1, 0.15) is 5.56 Å². The summed E-state index contributed by atoms with van der Waals surface area (Å²) in [7, 11) is -7.83. The number of nitrogens with one attached hydrogen (secondary N) is 3. The standard InChI is InChI=1S/C24H26N4O4S2/c29-33(30,18-13-20-7-3-1-4-8-20)26-23-12-11-21(28-16-14-25-15-17-28)19-24(23)27-34(31,32)22-9-5-2-6-10-22/h1-13,18-19,25-27H,14-17H2/b18-13+. The van der Waals surface area contributed by atoms with E-state index in [1.54, 1.807) is 48.5 Å². The van der Waals surface area contributed by atoms with Gasteiger partial charge >= 0.3 is 0 Å². The summed E-state index contributed by atoms with van der Waals surface area (Å²) in [5, 5.41) is 4.33. The Kier molecular flexibility index (Phi) is 7.20. The quantitative estimate of drug-likeness (QED) is 0.440. The van der Waals surface area contributed by atoms with Crippen molar-refractivity contribution >= 4 is 43.2 Å². The average molecular weight is 499 g/mol. The molecule has 0 aromatic heterocycles. The molecule has 0 spiro atoms. The summed E-state index contributed by atoms with van der Waals surface area (Å²) in [4.78, 5) is 2.20. The van der Waals surface area contributed by atoms with E-state index in [9.17, 15) is 16.8 Å². The Bertz CT molecular complexity index is 1350. The Balaban J connectivity index is 1.66. The van der Waals surface area contributed by atoms with Crippen LogP contribution in [0.2, 0.25) is 0 Å². The predicted octanol–water partition coefficient (Wildman–Crippen LogP) is 3.31. The molecule has 1 fully saturated rings. The smallest absolute Gasteiger partial charge is 0.261 e. The van der Waals surface area contributed by atoms with Crippen molar-refractivity contribution in [3.8, 4) is 0 Å². The largest absolute Gasteiger partial charge is 0.369 e. The van der Waals surface area contributed by atoms with Crippen LogP contribution in [0.5, 0.6) is 0 Å². The highest BCUT2D eigenvalue weighted by atomic mass is 32.2. The van der Waals surface area contributed by atoms with Gasteiger partial charge in [-0.05, 0) is 42.0 Å². The molecule has 1 heterocycles. The number of hydrogen-bond donors (Lipinski definition) is 3. The van der Waals surface area contributed by atoms with E-state index in [1.165, 1.54) is 18.2 Å². The van der Waals surface area contributed by atoms with Crippen molar-refractivity contribution in [3.63, 3.8) is 0 Å². The zero-order valence-corrected chi connectivity index (χ0v) is 20.0. The molecule has 0 saturated carbocycles. The summed E-state index contributed by atoms with van der Waals surface area (Å²) < 4.78 is 56.5. The summed E-state index contributed by atoms with van der Waals surface area (Å²) in [6.45, 7) is 3.14. The van der Waals surface area contributed by atoms with Crippen LogP contribution in [0.15, 0.2) is 89.2 Å². The van der Waals surface area contributed by atoms with Crippen LogP contribution in [0.3, 0.4) is 0 Å². The molecule has 0 amide bonds. The molecule has 178 valence electrons. The summed E-state index contributed by atoms with van der Waals surface area (Å²) in [6, 6.07) is 22.0. The molecule has 1 aliphatic rings. The van der Waals surface area contributed by atoms with Crippen LogP contribution in [-0.2, 0) is 20.0 Å². The number of piperazine rings is 1. The van der Waals surface area contributed by atoms with Gasteiger partial charge in [-0.1, -0.05) is 48.5 Å². The third kappa shape index (κ3) is 6.16. The number of hydrogen-bond acceptors (Lipinski definition) is 6. The zero-order chi connectivity index (χ0) is 24.0. The first-order chi connectivity index (χ1) is 16.3. The molecule has 8 nitrogen and oxygen atoms in total. The monoisotopic (exact) mass is 498 g/mol. The topological polar surface area (TPSA) is 108 Å². The minimum atomic E-state index is -3.93. The van der Waals surface area contributed by atoms with E-state index < -0.39 is 20.0 Å². The fourth-order valence-corrected chi connectivity index (χ4v) is 5.53. The van der Waals surface area contributed by atoms with Gasteiger partial charge in [0.05, 0.1) is 21.7 Å². The van der Waals surface area contributed by atoms with Gasteiger partial charge in [0, 0.05) is 31.9 Å². The fourth-order valence-electron chi connectivity index (χ4n) is 3.55. The molecule has 0 atom stereocenters. The molecule has 10 heteroatoms. The number of rotatable bonds is 8.